The van der Waals surface area contributed by atoms with E-state index in [9.17, 15) is 9.59 Å². The van der Waals surface area contributed by atoms with Gasteiger partial charge >= 0.3 is 0 Å². The van der Waals surface area contributed by atoms with Gasteiger partial charge in [-0.05, 0) is 54.0 Å². The summed E-state index contributed by atoms with van der Waals surface area (Å²) in [4.78, 5) is 28.5. The molecule has 2 heterocycles. The first-order chi connectivity index (χ1) is 15.1. The number of carbonyl (C=O) groups is 2. The van der Waals surface area contributed by atoms with Gasteiger partial charge in [-0.3, -0.25) is 9.59 Å². The van der Waals surface area contributed by atoms with E-state index in [1.54, 1.807) is 0 Å². The maximum absolute atomic E-state index is 13.2. The number of benzene rings is 2. The molecule has 1 aromatic heterocycles. The molecule has 4 rings (SSSR count). The Labute approximate surface area is 191 Å². The zero-order valence-electron chi connectivity index (χ0n) is 17.2. The molecule has 160 valence electrons. The summed E-state index contributed by atoms with van der Waals surface area (Å²) in [5.74, 6) is -0.172. The highest BCUT2D eigenvalue weighted by molar-refractivity contribution is 7.12. The van der Waals surface area contributed by atoms with Gasteiger partial charge in [-0.25, -0.2) is 0 Å². The molecule has 0 spiro atoms. The Morgan fingerprint density at radius 1 is 1.06 bits per heavy atom. The predicted octanol–water partition coefficient (Wildman–Crippen LogP) is 5.35. The van der Waals surface area contributed by atoms with E-state index in [-0.39, 0.29) is 23.8 Å². The first kappa shape index (κ1) is 21.6. The lowest BCUT2D eigenvalue weighted by atomic mass is 9.94. The number of nitrogens with zero attached hydrogens (tertiary/aromatic N) is 1. The number of hydrogen-bond acceptors (Lipinski definition) is 3. The molecular formula is C25H25ClN2O2S. The molecule has 1 fully saturated rings. The van der Waals surface area contributed by atoms with E-state index >= 15 is 0 Å². The van der Waals surface area contributed by atoms with E-state index in [2.05, 4.69) is 5.32 Å². The Kier molecular flexibility index (Phi) is 7.05. The molecule has 0 radical (unpaired) electrons. The molecule has 3 aromatic rings. The van der Waals surface area contributed by atoms with Gasteiger partial charge in [0, 0.05) is 18.1 Å². The molecule has 1 aliphatic rings. The molecule has 2 aromatic carbocycles. The molecule has 1 aliphatic heterocycles. The van der Waals surface area contributed by atoms with Crippen molar-refractivity contribution in [3.63, 3.8) is 0 Å². The number of thiophene rings is 1. The van der Waals surface area contributed by atoms with E-state index in [0.717, 1.165) is 28.8 Å². The monoisotopic (exact) mass is 452 g/mol. The molecule has 0 bridgehead atoms. The lowest BCUT2D eigenvalue weighted by Gasteiger charge is -2.33. The Balaban J connectivity index is 1.46. The van der Waals surface area contributed by atoms with Crippen LogP contribution in [0, 0.1) is 5.92 Å². The van der Waals surface area contributed by atoms with Gasteiger partial charge in [0.2, 0.25) is 5.91 Å². The van der Waals surface area contributed by atoms with E-state index in [4.69, 9.17) is 11.6 Å². The van der Waals surface area contributed by atoms with Crippen molar-refractivity contribution in [3.8, 4) is 0 Å². The van der Waals surface area contributed by atoms with Crippen molar-refractivity contribution in [2.45, 2.75) is 25.3 Å². The highest BCUT2D eigenvalue weighted by Gasteiger charge is 2.30. The van der Waals surface area contributed by atoms with Gasteiger partial charge in [0.25, 0.3) is 5.91 Å². The van der Waals surface area contributed by atoms with Gasteiger partial charge in [-0.15, -0.1) is 11.3 Å². The zero-order valence-corrected chi connectivity index (χ0v) is 18.7. The third-order valence-corrected chi connectivity index (χ3v) is 6.79. The quantitative estimate of drug-likeness (QED) is 0.547. The Morgan fingerprint density at radius 3 is 2.55 bits per heavy atom. The molecule has 4 nitrogen and oxygen atoms in total. The summed E-state index contributed by atoms with van der Waals surface area (Å²) >= 11 is 7.47. The smallest absolute Gasteiger partial charge is 0.263 e. The van der Waals surface area contributed by atoms with Gasteiger partial charge in [-0.1, -0.05) is 60.1 Å². The topological polar surface area (TPSA) is 49.4 Å². The van der Waals surface area contributed by atoms with Gasteiger partial charge in [-0.2, -0.15) is 0 Å². The Hall–Kier alpha value is -2.63. The maximum atomic E-state index is 13.2. The minimum absolute atomic E-state index is 0.00601. The van der Waals surface area contributed by atoms with Crippen molar-refractivity contribution in [1.82, 2.24) is 10.2 Å². The summed E-state index contributed by atoms with van der Waals surface area (Å²) in [6, 6.07) is 21.3. The molecule has 31 heavy (non-hydrogen) atoms. The van der Waals surface area contributed by atoms with E-state index in [1.807, 2.05) is 77.0 Å². The van der Waals surface area contributed by atoms with Crippen LogP contribution in [-0.4, -0.2) is 29.8 Å². The fourth-order valence-corrected chi connectivity index (χ4v) is 4.83. The fourth-order valence-electron chi connectivity index (χ4n) is 4.02. The average Bonchev–Trinajstić information content (AvgIpc) is 3.35. The number of halogens is 1. The Morgan fingerprint density at radius 2 is 1.84 bits per heavy atom. The van der Waals surface area contributed by atoms with Crippen LogP contribution in [0.4, 0.5) is 0 Å². The lowest BCUT2D eigenvalue weighted by molar-refractivity contribution is -0.127. The van der Waals surface area contributed by atoms with E-state index in [0.29, 0.717) is 24.5 Å². The van der Waals surface area contributed by atoms with Crippen LogP contribution in [0.2, 0.25) is 5.02 Å². The SMILES string of the molecule is O=C(NC(Cc1ccc(Cl)cc1)c1ccccc1)C1CCCN(C(=O)c2cccs2)C1. The minimum Gasteiger partial charge on any atom is -0.349 e. The maximum Gasteiger partial charge on any atom is 0.263 e. The molecular weight excluding hydrogens is 428 g/mol. The summed E-state index contributed by atoms with van der Waals surface area (Å²) in [5.41, 5.74) is 2.17. The zero-order chi connectivity index (χ0) is 21.6. The van der Waals surface area contributed by atoms with Crippen molar-refractivity contribution in [3.05, 3.63) is 93.1 Å². The predicted molar refractivity (Wildman–Crippen MR) is 125 cm³/mol. The summed E-state index contributed by atoms with van der Waals surface area (Å²) in [5, 5.41) is 5.85. The first-order valence-corrected chi connectivity index (χ1v) is 11.8. The lowest BCUT2D eigenvalue weighted by Crippen LogP contribution is -2.46. The van der Waals surface area contributed by atoms with Crippen molar-refractivity contribution in [2.24, 2.45) is 5.92 Å². The van der Waals surface area contributed by atoms with Crippen LogP contribution in [0.25, 0.3) is 0 Å². The third kappa shape index (κ3) is 5.54. The second kappa shape index (κ2) is 10.1. The normalized spacial score (nSPS) is 17.2. The summed E-state index contributed by atoms with van der Waals surface area (Å²) in [6.45, 7) is 1.17. The average molecular weight is 453 g/mol. The number of carbonyl (C=O) groups excluding carboxylic acids is 2. The number of piperidine rings is 1. The molecule has 0 saturated carbocycles. The number of likely N-dealkylation sites (tertiary alicyclic amines) is 1. The number of rotatable bonds is 6. The van der Waals surface area contributed by atoms with Crippen LogP contribution < -0.4 is 5.32 Å². The largest absolute Gasteiger partial charge is 0.349 e. The molecule has 1 N–H and O–H groups in total. The number of amides is 2. The minimum atomic E-state index is -0.200. The van der Waals surface area contributed by atoms with Crippen molar-refractivity contribution < 1.29 is 9.59 Å². The highest BCUT2D eigenvalue weighted by Crippen LogP contribution is 2.24. The Bertz CT molecular complexity index is 1010. The van der Waals surface area contributed by atoms with Gasteiger partial charge < -0.3 is 10.2 Å². The summed E-state index contributed by atoms with van der Waals surface area (Å²) in [7, 11) is 0. The molecule has 6 heteroatoms. The van der Waals surface area contributed by atoms with Crippen LogP contribution in [0.5, 0.6) is 0 Å². The highest BCUT2D eigenvalue weighted by atomic mass is 35.5. The van der Waals surface area contributed by atoms with Crippen molar-refractivity contribution in [1.29, 1.82) is 0 Å². The van der Waals surface area contributed by atoms with Crippen LogP contribution in [0.15, 0.2) is 72.1 Å². The molecule has 0 aliphatic carbocycles. The van der Waals surface area contributed by atoms with Crippen LogP contribution in [-0.2, 0) is 11.2 Å². The van der Waals surface area contributed by atoms with Crippen LogP contribution in [0.1, 0.15) is 39.7 Å². The number of nitrogens with one attached hydrogen (secondary N) is 1. The van der Waals surface area contributed by atoms with E-state index in [1.165, 1.54) is 11.3 Å². The van der Waals surface area contributed by atoms with Crippen molar-refractivity contribution >= 4 is 34.8 Å². The molecule has 2 atom stereocenters. The number of hydrogen-bond donors (Lipinski definition) is 1. The second-order valence-electron chi connectivity index (χ2n) is 7.87. The third-order valence-electron chi connectivity index (χ3n) is 5.68. The molecule has 2 unspecified atom stereocenters. The molecule has 1 saturated heterocycles. The van der Waals surface area contributed by atoms with Gasteiger partial charge in [0.05, 0.1) is 16.8 Å². The van der Waals surface area contributed by atoms with Gasteiger partial charge in [0.1, 0.15) is 0 Å². The van der Waals surface area contributed by atoms with Crippen molar-refractivity contribution in [2.75, 3.05) is 13.1 Å². The van der Waals surface area contributed by atoms with Gasteiger partial charge in [0.15, 0.2) is 0 Å². The fraction of sp³-hybridized carbons (Fsp3) is 0.280. The molecule has 2 amide bonds. The first-order valence-electron chi connectivity index (χ1n) is 10.5. The second-order valence-corrected chi connectivity index (χ2v) is 9.25. The summed E-state index contributed by atoms with van der Waals surface area (Å²) in [6.07, 6.45) is 2.31. The van der Waals surface area contributed by atoms with Crippen LogP contribution >= 0.6 is 22.9 Å². The van der Waals surface area contributed by atoms with E-state index < -0.39 is 0 Å². The standard InChI is InChI=1S/C25H25ClN2O2S/c26-21-12-10-18(11-13-21)16-22(19-6-2-1-3-7-19)27-24(29)20-8-4-14-28(17-20)25(30)23-9-5-15-31-23/h1-3,5-7,9-13,15,20,22H,4,8,14,16-17H2,(H,27,29). The van der Waals surface area contributed by atoms with Crippen LogP contribution in [0.3, 0.4) is 0 Å². The summed E-state index contributed by atoms with van der Waals surface area (Å²) < 4.78 is 0.